The number of nitrogens with two attached hydrogens (primary N) is 1. The van der Waals surface area contributed by atoms with Gasteiger partial charge in [0.25, 0.3) is 0 Å². The Bertz CT molecular complexity index is 904. The van der Waals surface area contributed by atoms with Gasteiger partial charge in [0, 0.05) is 12.2 Å². The van der Waals surface area contributed by atoms with Crippen LogP contribution in [0.5, 0.6) is 0 Å². The molecule has 3 aromatic rings. The molecule has 0 saturated carbocycles. The zero-order valence-corrected chi connectivity index (χ0v) is 14.7. The van der Waals surface area contributed by atoms with Gasteiger partial charge in [0.15, 0.2) is 11.9 Å². The van der Waals surface area contributed by atoms with Crippen molar-refractivity contribution < 1.29 is 14.9 Å². The lowest BCUT2D eigenvalue weighted by atomic mass is 10.2. The van der Waals surface area contributed by atoms with Crippen LogP contribution in [-0.2, 0) is 10.5 Å². The molecular weight excluding hydrogens is 354 g/mol. The van der Waals surface area contributed by atoms with E-state index in [2.05, 4.69) is 15.0 Å². The zero-order valence-electron chi connectivity index (χ0n) is 13.9. The molecule has 3 heterocycles. The van der Waals surface area contributed by atoms with Gasteiger partial charge in [-0.2, -0.15) is 4.98 Å². The van der Waals surface area contributed by atoms with Gasteiger partial charge in [-0.15, -0.1) is 0 Å². The minimum Gasteiger partial charge on any atom is -0.394 e. The molecule has 1 aliphatic rings. The number of rotatable bonds is 5. The third kappa shape index (κ3) is 3.26. The van der Waals surface area contributed by atoms with E-state index < -0.39 is 18.4 Å². The van der Waals surface area contributed by atoms with E-state index in [4.69, 9.17) is 10.5 Å². The van der Waals surface area contributed by atoms with Crippen LogP contribution in [0.4, 0.5) is 5.95 Å². The molecule has 0 spiro atoms. The van der Waals surface area contributed by atoms with E-state index in [1.807, 2.05) is 30.3 Å². The maximum Gasteiger partial charge on any atom is 0.223 e. The topological polar surface area (TPSA) is 119 Å². The fourth-order valence-electron chi connectivity index (χ4n) is 3.02. The summed E-state index contributed by atoms with van der Waals surface area (Å²) in [7, 11) is 0. The molecule has 0 aliphatic carbocycles. The van der Waals surface area contributed by atoms with Crippen molar-refractivity contribution in [1.29, 1.82) is 0 Å². The maximum atomic E-state index is 10.2. The van der Waals surface area contributed by atoms with E-state index in [0.29, 0.717) is 22.6 Å². The Labute approximate surface area is 154 Å². The fourth-order valence-corrected chi connectivity index (χ4v) is 3.95. The van der Waals surface area contributed by atoms with E-state index in [9.17, 15) is 10.2 Å². The molecule has 4 rings (SSSR count). The van der Waals surface area contributed by atoms with E-state index in [0.717, 1.165) is 5.75 Å². The molecule has 0 amide bonds. The van der Waals surface area contributed by atoms with Crippen LogP contribution in [0.3, 0.4) is 0 Å². The molecule has 0 radical (unpaired) electrons. The van der Waals surface area contributed by atoms with Crippen molar-refractivity contribution in [3.05, 3.63) is 42.2 Å². The van der Waals surface area contributed by atoms with Crippen molar-refractivity contribution in [1.82, 2.24) is 19.5 Å². The average molecular weight is 373 g/mol. The van der Waals surface area contributed by atoms with Crippen molar-refractivity contribution in [3.63, 3.8) is 0 Å². The maximum absolute atomic E-state index is 10.2. The number of benzene rings is 1. The number of ether oxygens (including phenoxy) is 1. The first kappa shape index (κ1) is 17.2. The SMILES string of the molecule is Nc1nc(SCc2ccccc2)c2ncn([C@H]3O[C@@H](CO)C[C@H]3O)c2n1. The Kier molecular flexibility index (Phi) is 4.77. The minimum atomic E-state index is -0.749. The lowest BCUT2D eigenvalue weighted by molar-refractivity contribution is -0.0486. The summed E-state index contributed by atoms with van der Waals surface area (Å²) in [5.41, 5.74) is 8.18. The third-order valence-electron chi connectivity index (χ3n) is 4.27. The second-order valence-electron chi connectivity index (χ2n) is 6.12. The third-order valence-corrected chi connectivity index (χ3v) is 5.30. The van der Waals surface area contributed by atoms with Gasteiger partial charge in [-0.25, -0.2) is 9.97 Å². The monoisotopic (exact) mass is 373 g/mol. The van der Waals surface area contributed by atoms with Gasteiger partial charge in [-0.1, -0.05) is 42.1 Å². The van der Waals surface area contributed by atoms with Gasteiger partial charge in [0.2, 0.25) is 5.95 Å². The second kappa shape index (κ2) is 7.20. The second-order valence-corrected chi connectivity index (χ2v) is 7.08. The highest BCUT2D eigenvalue weighted by atomic mass is 32.2. The number of nitrogens with zero attached hydrogens (tertiary/aromatic N) is 4. The number of hydrogen-bond donors (Lipinski definition) is 3. The Morgan fingerprint density at radius 2 is 2.08 bits per heavy atom. The van der Waals surface area contributed by atoms with E-state index >= 15 is 0 Å². The van der Waals surface area contributed by atoms with Crippen LogP contribution in [0.15, 0.2) is 41.7 Å². The molecular formula is C17H19N5O3S. The van der Waals surface area contributed by atoms with Crippen molar-refractivity contribution in [2.45, 2.75) is 35.6 Å². The van der Waals surface area contributed by atoms with Crippen molar-refractivity contribution in [2.24, 2.45) is 0 Å². The molecule has 1 aliphatic heterocycles. The lowest BCUT2D eigenvalue weighted by Gasteiger charge is -2.16. The smallest absolute Gasteiger partial charge is 0.223 e. The molecule has 9 heteroatoms. The molecule has 2 aromatic heterocycles. The number of fused-ring (bicyclic) bond motifs is 1. The lowest BCUT2D eigenvalue weighted by Crippen LogP contribution is -2.19. The van der Waals surface area contributed by atoms with Crippen molar-refractivity contribution in [2.75, 3.05) is 12.3 Å². The minimum absolute atomic E-state index is 0.140. The average Bonchev–Trinajstić information content (AvgIpc) is 3.23. The number of imidazole rings is 1. The van der Waals surface area contributed by atoms with E-state index in [-0.39, 0.29) is 12.6 Å². The van der Waals surface area contributed by atoms with Gasteiger partial charge in [-0.05, 0) is 5.56 Å². The summed E-state index contributed by atoms with van der Waals surface area (Å²) < 4.78 is 7.35. The predicted molar refractivity (Wildman–Crippen MR) is 97.4 cm³/mol. The van der Waals surface area contributed by atoms with Crippen LogP contribution in [-0.4, -0.2) is 48.5 Å². The molecule has 1 aromatic carbocycles. The zero-order chi connectivity index (χ0) is 18.1. The van der Waals surface area contributed by atoms with Crippen LogP contribution in [0.1, 0.15) is 18.2 Å². The number of hydrogen-bond acceptors (Lipinski definition) is 8. The van der Waals surface area contributed by atoms with Gasteiger partial charge < -0.3 is 20.7 Å². The van der Waals surface area contributed by atoms with Crippen LogP contribution in [0.2, 0.25) is 0 Å². The summed E-state index contributed by atoms with van der Waals surface area (Å²) >= 11 is 1.53. The Morgan fingerprint density at radius 1 is 1.27 bits per heavy atom. The number of nitrogen functional groups attached to an aromatic ring is 1. The first-order chi connectivity index (χ1) is 12.7. The van der Waals surface area contributed by atoms with Crippen LogP contribution >= 0.6 is 11.8 Å². The summed E-state index contributed by atoms with van der Waals surface area (Å²) in [6.45, 7) is -0.143. The molecule has 1 saturated heterocycles. The Morgan fingerprint density at radius 3 is 2.81 bits per heavy atom. The quantitative estimate of drug-likeness (QED) is 0.453. The number of aliphatic hydroxyl groups excluding tert-OH is 2. The van der Waals surface area contributed by atoms with Crippen molar-refractivity contribution in [3.8, 4) is 0 Å². The number of aliphatic hydroxyl groups is 2. The van der Waals surface area contributed by atoms with E-state index in [1.54, 1.807) is 10.9 Å². The number of anilines is 1. The van der Waals surface area contributed by atoms with Gasteiger partial charge in [-0.3, -0.25) is 4.57 Å². The number of thioether (sulfide) groups is 1. The van der Waals surface area contributed by atoms with Gasteiger partial charge >= 0.3 is 0 Å². The Balaban J connectivity index is 1.65. The first-order valence-electron chi connectivity index (χ1n) is 8.27. The molecule has 3 atom stereocenters. The molecule has 26 heavy (non-hydrogen) atoms. The number of aromatic nitrogens is 4. The summed E-state index contributed by atoms with van der Waals surface area (Å²) in [5.74, 6) is 0.870. The largest absolute Gasteiger partial charge is 0.394 e. The fraction of sp³-hybridized carbons (Fsp3) is 0.353. The standard InChI is InChI=1S/C17H19N5O3S/c18-17-20-14-13(15(21-17)26-8-10-4-2-1-3-5-10)19-9-22(14)16-12(24)6-11(7-23)25-16/h1-5,9,11-12,16,23-24H,6-8H2,(H2,18,20,21)/t11-,12-,16+/m1/s1. The van der Waals surface area contributed by atoms with Crippen LogP contribution in [0, 0.1) is 0 Å². The Hall–Kier alpha value is -2.20. The molecule has 0 bridgehead atoms. The van der Waals surface area contributed by atoms with E-state index in [1.165, 1.54) is 17.3 Å². The summed E-state index contributed by atoms with van der Waals surface area (Å²) in [6, 6.07) is 10.1. The predicted octanol–water partition coefficient (Wildman–Crippen LogP) is 1.34. The van der Waals surface area contributed by atoms with Crippen molar-refractivity contribution >= 4 is 28.9 Å². The summed E-state index contributed by atoms with van der Waals surface area (Å²) in [6.07, 6.45) is 0.119. The van der Waals surface area contributed by atoms with Gasteiger partial charge in [0.05, 0.1) is 19.0 Å². The molecule has 136 valence electrons. The summed E-state index contributed by atoms with van der Waals surface area (Å²) in [4.78, 5) is 13.0. The van der Waals surface area contributed by atoms with Crippen LogP contribution < -0.4 is 5.73 Å². The highest BCUT2D eigenvalue weighted by Crippen LogP contribution is 2.33. The highest BCUT2D eigenvalue weighted by molar-refractivity contribution is 7.98. The molecule has 0 unspecified atom stereocenters. The molecule has 1 fully saturated rings. The summed E-state index contributed by atoms with van der Waals surface area (Å²) in [5, 5.41) is 20.2. The molecule has 4 N–H and O–H groups in total. The normalized spacial score (nSPS) is 22.9. The molecule has 8 nitrogen and oxygen atoms in total. The van der Waals surface area contributed by atoms with Gasteiger partial charge in [0.1, 0.15) is 16.6 Å². The highest BCUT2D eigenvalue weighted by Gasteiger charge is 2.36. The van der Waals surface area contributed by atoms with Crippen LogP contribution in [0.25, 0.3) is 11.2 Å². The first-order valence-corrected chi connectivity index (χ1v) is 9.25.